The smallest absolute Gasteiger partial charge is 0.254 e. The lowest BCUT2D eigenvalue weighted by molar-refractivity contribution is -0.154. The molecule has 0 rings (SSSR count). The number of amides is 1. The van der Waals surface area contributed by atoms with Crippen molar-refractivity contribution in [2.24, 2.45) is 0 Å². The number of aliphatic hydroxyl groups is 1. The monoisotopic (exact) mass is 203 g/mol. The molecule has 0 spiro atoms. The maximum Gasteiger partial charge on any atom is 0.254 e. The van der Waals surface area contributed by atoms with Crippen LogP contribution in [0.15, 0.2) is 0 Å². The Balaban J connectivity index is 4.59. The van der Waals surface area contributed by atoms with Gasteiger partial charge in [0.1, 0.15) is 5.60 Å². The van der Waals surface area contributed by atoms with E-state index in [0.717, 1.165) is 0 Å². The van der Waals surface area contributed by atoms with Crippen LogP contribution in [0, 0.1) is 0 Å². The molecule has 0 radical (unpaired) electrons. The Morgan fingerprint density at radius 2 is 2.14 bits per heavy atom. The average Bonchev–Trinajstić information content (AvgIpc) is 2.24. The average molecular weight is 203 g/mol. The van der Waals surface area contributed by atoms with E-state index in [1.165, 1.54) is 12.0 Å². The van der Waals surface area contributed by atoms with Crippen LogP contribution in [0.5, 0.6) is 0 Å². The Bertz CT molecular complexity index is 190. The van der Waals surface area contributed by atoms with E-state index in [1.807, 2.05) is 6.92 Å². The molecule has 0 aromatic rings. The molecule has 1 N–H and O–H groups in total. The Morgan fingerprint density at radius 1 is 1.64 bits per heavy atom. The van der Waals surface area contributed by atoms with Gasteiger partial charge in [0.25, 0.3) is 5.91 Å². The molecular formula is C10H21NO3. The first-order chi connectivity index (χ1) is 6.42. The zero-order chi connectivity index (χ0) is 11.4. The Kier molecular flexibility index (Phi) is 5.08. The first-order valence-corrected chi connectivity index (χ1v) is 4.86. The molecule has 1 amide bonds. The Morgan fingerprint density at radius 3 is 2.43 bits per heavy atom. The molecular weight excluding hydrogens is 182 g/mol. The summed E-state index contributed by atoms with van der Waals surface area (Å²) in [5.41, 5.74) is -0.780. The quantitative estimate of drug-likeness (QED) is 0.713. The molecule has 0 aliphatic rings. The molecule has 0 aliphatic heterocycles. The number of nitrogens with zero attached hydrogens (tertiary/aromatic N) is 1. The van der Waals surface area contributed by atoms with Gasteiger partial charge in [0.2, 0.25) is 0 Å². The van der Waals surface area contributed by atoms with Gasteiger partial charge in [0.05, 0.1) is 12.6 Å². The lowest BCUT2D eigenvalue weighted by Crippen LogP contribution is -2.50. The number of methoxy groups -OCH3 is 1. The number of aliphatic hydroxyl groups excluding tert-OH is 1. The van der Waals surface area contributed by atoms with Crippen LogP contribution in [-0.2, 0) is 9.53 Å². The fourth-order valence-corrected chi connectivity index (χ4v) is 1.08. The van der Waals surface area contributed by atoms with Gasteiger partial charge < -0.3 is 14.7 Å². The van der Waals surface area contributed by atoms with Crippen molar-refractivity contribution in [3.63, 3.8) is 0 Å². The molecule has 14 heavy (non-hydrogen) atoms. The van der Waals surface area contributed by atoms with E-state index in [4.69, 9.17) is 9.84 Å². The predicted octanol–water partition coefficient (Wildman–Crippen LogP) is 0.641. The second-order valence-corrected chi connectivity index (χ2v) is 3.74. The normalized spacial score (nSPS) is 17.3. The molecule has 2 unspecified atom stereocenters. The number of hydrogen-bond acceptors (Lipinski definition) is 3. The summed E-state index contributed by atoms with van der Waals surface area (Å²) >= 11 is 0. The summed E-state index contributed by atoms with van der Waals surface area (Å²) < 4.78 is 5.19. The number of hydrogen-bond donors (Lipinski definition) is 1. The van der Waals surface area contributed by atoms with Gasteiger partial charge in [-0.25, -0.2) is 0 Å². The molecule has 4 heteroatoms. The second-order valence-electron chi connectivity index (χ2n) is 3.74. The van der Waals surface area contributed by atoms with Crippen LogP contribution in [0.3, 0.4) is 0 Å². The van der Waals surface area contributed by atoms with Crippen LogP contribution in [0.4, 0.5) is 0 Å². The predicted molar refractivity (Wildman–Crippen MR) is 55.0 cm³/mol. The van der Waals surface area contributed by atoms with Crippen molar-refractivity contribution in [2.45, 2.75) is 38.8 Å². The van der Waals surface area contributed by atoms with E-state index in [2.05, 4.69) is 0 Å². The zero-order valence-electron chi connectivity index (χ0n) is 9.70. The minimum atomic E-state index is -0.780. The Labute approximate surface area is 85.9 Å². The number of carbonyl (C=O) groups is 1. The van der Waals surface area contributed by atoms with E-state index in [1.54, 1.807) is 20.9 Å². The molecule has 0 aromatic carbocycles. The van der Waals surface area contributed by atoms with Gasteiger partial charge in [-0.1, -0.05) is 6.92 Å². The van der Waals surface area contributed by atoms with Gasteiger partial charge in [-0.05, 0) is 20.3 Å². The van der Waals surface area contributed by atoms with Crippen molar-refractivity contribution in [3.05, 3.63) is 0 Å². The molecule has 0 bridgehead atoms. The largest absolute Gasteiger partial charge is 0.394 e. The number of ether oxygens (including phenoxy) is 1. The van der Waals surface area contributed by atoms with Gasteiger partial charge in [0, 0.05) is 14.2 Å². The highest BCUT2D eigenvalue weighted by Gasteiger charge is 2.34. The summed E-state index contributed by atoms with van der Waals surface area (Å²) in [6.45, 7) is 5.42. The van der Waals surface area contributed by atoms with E-state index in [-0.39, 0.29) is 18.6 Å². The maximum absolute atomic E-state index is 11.9. The van der Waals surface area contributed by atoms with Crippen LogP contribution in [-0.4, -0.2) is 48.3 Å². The van der Waals surface area contributed by atoms with E-state index >= 15 is 0 Å². The highest BCUT2D eigenvalue weighted by Crippen LogP contribution is 2.18. The van der Waals surface area contributed by atoms with E-state index in [0.29, 0.717) is 6.42 Å². The molecule has 0 aliphatic carbocycles. The van der Waals surface area contributed by atoms with Crippen molar-refractivity contribution in [1.82, 2.24) is 4.90 Å². The summed E-state index contributed by atoms with van der Waals surface area (Å²) in [4.78, 5) is 13.4. The van der Waals surface area contributed by atoms with Crippen molar-refractivity contribution in [1.29, 1.82) is 0 Å². The molecule has 0 fully saturated rings. The first-order valence-electron chi connectivity index (χ1n) is 4.86. The highest BCUT2D eigenvalue weighted by atomic mass is 16.5. The van der Waals surface area contributed by atoms with Crippen molar-refractivity contribution in [2.75, 3.05) is 20.8 Å². The van der Waals surface area contributed by atoms with Crippen molar-refractivity contribution < 1.29 is 14.6 Å². The molecule has 0 aromatic heterocycles. The lowest BCUT2D eigenvalue weighted by Gasteiger charge is -2.33. The van der Waals surface area contributed by atoms with Crippen LogP contribution < -0.4 is 0 Å². The minimum Gasteiger partial charge on any atom is -0.394 e. The molecule has 4 nitrogen and oxygen atoms in total. The van der Waals surface area contributed by atoms with E-state index < -0.39 is 5.60 Å². The van der Waals surface area contributed by atoms with E-state index in [9.17, 15) is 4.79 Å². The van der Waals surface area contributed by atoms with Crippen LogP contribution in [0.1, 0.15) is 27.2 Å². The van der Waals surface area contributed by atoms with Gasteiger partial charge in [-0.2, -0.15) is 0 Å². The van der Waals surface area contributed by atoms with Crippen LogP contribution >= 0.6 is 0 Å². The Hall–Kier alpha value is -0.610. The summed E-state index contributed by atoms with van der Waals surface area (Å²) in [5, 5.41) is 8.93. The van der Waals surface area contributed by atoms with Crippen molar-refractivity contribution in [3.8, 4) is 0 Å². The van der Waals surface area contributed by atoms with Crippen LogP contribution in [0.25, 0.3) is 0 Å². The molecule has 2 atom stereocenters. The topological polar surface area (TPSA) is 49.8 Å². The second kappa shape index (κ2) is 5.32. The SMILES string of the molecule is CCC(C)(OC)C(=O)N(C)C(C)CO. The molecule has 0 saturated heterocycles. The summed E-state index contributed by atoms with van der Waals surface area (Å²) in [5.74, 6) is -0.0935. The third kappa shape index (κ3) is 2.69. The summed E-state index contributed by atoms with van der Waals surface area (Å²) in [6.07, 6.45) is 0.616. The summed E-state index contributed by atoms with van der Waals surface area (Å²) in [7, 11) is 3.20. The van der Waals surface area contributed by atoms with Crippen molar-refractivity contribution >= 4 is 5.91 Å². The number of rotatable bonds is 5. The standard InChI is InChI=1S/C10H21NO3/c1-6-10(3,14-5)9(13)11(4)8(2)7-12/h8,12H,6-7H2,1-5H3. The maximum atomic E-state index is 11.9. The summed E-state index contributed by atoms with van der Waals surface area (Å²) in [6, 6.07) is -0.177. The van der Waals surface area contributed by atoms with Gasteiger partial charge in [0.15, 0.2) is 0 Å². The third-order valence-corrected chi connectivity index (χ3v) is 2.82. The van der Waals surface area contributed by atoms with Gasteiger partial charge >= 0.3 is 0 Å². The number of carbonyl (C=O) groups excluding carboxylic acids is 1. The first kappa shape index (κ1) is 13.4. The fourth-order valence-electron chi connectivity index (χ4n) is 1.08. The van der Waals surface area contributed by atoms with Crippen LogP contribution in [0.2, 0.25) is 0 Å². The molecule has 0 heterocycles. The third-order valence-electron chi connectivity index (χ3n) is 2.82. The van der Waals surface area contributed by atoms with Gasteiger partial charge in [-0.15, -0.1) is 0 Å². The fraction of sp³-hybridized carbons (Fsp3) is 0.900. The lowest BCUT2D eigenvalue weighted by atomic mass is 10.0. The zero-order valence-corrected chi connectivity index (χ0v) is 9.70. The highest BCUT2D eigenvalue weighted by molar-refractivity contribution is 5.84. The number of likely N-dealkylation sites (N-methyl/N-ethyl adjacent to an activating group) is 1. The van der Waals surface area contributed by atoms with Gasteiger partial charge in [-0.3, -0.25) is 4.79 Å². The molecule has 0 saturated carbocycles. The minimum absolute atomic E-state index is 0.0360. The molecule has 84 valence electrons.